The zero-order valence-corrected chi connectivity index (χ0v) is 7.93. The summed E-state index contributed by atoms with van der Waals surface area (Å²) in [6.07, 6.45) is 0.876. The van der Waals surface area contributed by atoms with Gasteiger partial charge in [-0.1, -0.05) is 13.3 Å². The highest BCUT2D eigenvalue weighted by atomic mass is 16.5. The van der Waals surface area contributed by atoms with Crippen molar-refractivity contribution in [2.45, 2.75) is 32.0 Å². The molecule has 6 heteroatoms. The number of aliphatic hydroxyl groups is 2. The van der Waals surface area contributed by atoms with E-state index in [2.05, 4.69) is 0 Å². The number of unbranched alkanes of at least 4 members (excludes halogenated alkanes) is 1. The standard InChI is InChI=1S/C8H15NO5/c1-2-3-4-8(13,14)5(6(9)10)7(11)12/h5,13-14H,2-4H2,1H3,(H2,9,10)(H,11,12). The molecule has 0 aliphatic heterocycles. The van der Waals surface area contributed by atoms with Gasteiger partial charge in [0.2, 0.25) is 5.91 Å². The average molecular weight is 205 g/mol. The first-order chi connectivity index (χ1) is 6.33. The maximum absolute atomic E-state index is 10.7. The number of aliphatic carboxylic acids is 1. The molecule has 0 aromatic carbocycles. The number of nitrogens with two attached hydrogens (primary N) is 1. The van der Waals surface area contributed by atoms with Crippen molar-refractivity contribution in [1.29, 1.82) is 0 Å². The summed E-state index contributed by atoms with van der Waals surface area (Å²) < 4.78 is 0. The second kappa shape index (κ2) is 4.92. The van der Waals surface area contributed by atoms with E-state index in [0.29, 0.717) is 12.8 Å². The number of hydrogen-bond acceptors (Lipinski definition) is 4. The smallest absolute Gasteiger partial charge is 0.321 e. The molecule has 0 rings (SSSR count). The van der Waals surface area contributed by atoms with Crippen molar-refractivity contribution in [1.82, 2.24) is 0 Å². The summed E-state index contributed by atoms with van der Waals surface area (Å²) in [6.45, 7) is 1.80. The SMILES string of the molecule is CCCCC(O)(O)C(C(N)=O)C(=O)O. The summed E-state index contributed by atoms with van der Waals surface area (Å²) in [6, 6.07) is 0. The highest BCUT2D eigenvalue weighted by Gasteiger charge is 2.43. The Bertz CT molecular complexity index is 212. The van der Waals surface area contributed by atoms with Gasteiger partial charge in [0.25, 0.3) is 0 Å². The fraction of sp³-hybridized carbons (Fsp3) is 0.750. The molecule has 0 aromatic rings. The van der Waals surface area contributed by atoms with Gasteiger partial charge in [0.05, 0.1) is 0 Å². The molecular formula is C8H15NO5. The highest BCUT2D eigenvalue weighted by Crippen LogP contribution is 2.21. The summed E-state index contributed by atoms with van der Waals surface area (Å²) in [5.41, 5.74) is 4.76. The number of carbonyl (C=O) groups excluding carboxylic acids is 1. The van der Waals surface area contributed by atoms with E-state index in [1.54, 1.807) is 6.92 Å². The third-order valence-electron chi connectivity index (χ3n) is 1.89. The number of carboxylic acid groups (broad SMARTS) is 1. The Morgan fingerprint density at radius 1 is 1.43 bits per heavy atom. The van der Waals surface area contributed by atoms with Crippen molar-refractivity contribution >= 4 is 11.9 Å². The maximum Gasteiger partial charge on any atom is 0.321 e. The third kappa shape index (κ3) is 3.31. The molecule has 0 radical (unpaired) electrons. The van der Waals surface area contributed by atoms with Gasteiger partial charge < -0.3 is 21.1 Å². The zero-order chi connectivity index (χ0) is 11.4. The van der Waals surface area contributed by atoms with Gasteiger partial charge in [0.15, 0.2) is 11.7 Å². The van der Waals surface area contributed by atoms with Crippen LogP contribution < -0.4 is 5.73 Å². The Kier molecular flexibility index (Phi) is 4.52. The predicted molar refractivity (Wildman–Crippen MR) is 47.0 cm³/mol. The van der Waals surface area contributed by atoms with Crippen LogP contribution in [0.25, 0.3) is 0 Å². The lowest BCUT2D eigenvalue weighted by Crippen LogP contribution is -2.49. The van der Waals surface area contributed by atoms with E-state index in [0.717, 1.165) is 0 Å². The Morgan fingerprint density at radius 3 is 2.21 bits per heavy atom. The minimum Gasteiger partial charge on any atom is -0.480 e. The van der Waals surface area contributed by atoms with E-state index in [-0.39, 0.29) is 6.42 Å². The van der Waals surface area contributed by atoms with Gasteiger partial charge in [-0.3, -0.25) is 9.59 Å². The molecule has 0 heterocycles. The van der Waals surface area contributed by atoms with E-state index in [1.165, 1.54) is 0 Å². The van der Waals surface area contributed by atoms with Crippen LogP contribution in [0, 0.1) is 5.92 Å². The summed E-state index contributed by atoms with van der Waals surface area (Å²) >= 11 is 0. The van der Waals surface area contributed by atoms with E-state index >= 15 is 0 Å². The molecule has 1 unspecified atom stereocenters. The maximum atomic E-state index is 10.7. The van der Waals surface area contributed by atoms with Crippen LogP contribution in [0.3, 0.4) is 0 Å². The highest BCUT2D eigenvalue weighted by molar-refractivity contribution is 5.97. The fourth-order valence-corrected chi connectivity index (χ4v) is 1.13. The first-order valence-corrected chi connectivity index (χ1v) is 4.29. The first-order valence-electron chi connectivity index (χ1n) is 4.29. The van der Waals surface area contributed by atoms with Crippen molar-refractivity contribution in [2.75, 3.05) is 0 Å². The van der Waals surface area contributed by atoms with Gasteiger partial charge in [-0.05, 0) is 6.42 Å². The molecule has 0 fully saturated rings. The predicted octanol–water partition coefficient (Wildman–Crippen LogP) is -0.956. The van der Waals surface area contributed by atoms with Gasteiger partial charge in [-0.25, -0.2) is 0 Å². The second-order valence-corrected chi connectivity index (χ2v) is 3.16. The van der Waals surface area contributed by atoms with Crippen LogP contribution in [0.5, 0.6) is 0 Å². The van der Waals surface area contributed by atoms with Gasteiger partial charge in [-0.2, -0.15) is 0 Å². The van der Waals surface area contributed by atoms with Crippen LogP contribution in [0.1, 0.15) is 26.2 Å². The monoisotopic (exact) mass is 205 g/mol. The number of amides is 1. The van der Waals surface area contributed by atoms with Crippen LogP contribution in [-0.2, 0) is 9.59 Å². The molecule has 0 bridgehead atoms. The first kappa shape index (κ1) is 12.9. The van der Waals surface area contributed by atoms with Crippen LogP contribution in [0.2, 0.25) is 0 Å². The number of carbonyl (C=O) groups is 2. The zero-order valence-electron chi connectivity index (χ0n) is 7.93. The molecule has 0 aliphatic rings. The molecule has 82 valence electrons. The van der Waals surface area contributed by atoms with E-state index in [1.807, 2.05) is 0 Å². The summed E-state index contributed by atoms with van der Waals surface area (Å²) in [4.78, 5) is 21.2. The molecule has 0 spiro atoms. The van der Waals surface area contributed by atoms with Gasteiger partial charge in [0.1, 0.15) is 0 Å². The quantitative estimate of drug-likeness (QED) is 0.329. The molecule has 0 saturated heterocycles. The second-order valence-electron chi connectivity index (χ2n) is 3.16. The number of rotatable bonds is 6. The topological polar surface area (TPSA) is 121 Å². The fourth-order valence-electron chi connectivity index (χ4n) is 1.13. The number of primary amides is 1. The van der Waals surface area contributed by atoms with Crippen molar-refractivity contribution in [3.05, 3.63) is 0 Å². The van der Waals surface area contributed by atoms with Gasteiger partial charge >= 0.3 is 5.97 Å². The van der Waals surface area contributed by atoms with Gasteiger partial charge in [-0.15, -0.1) is 0 Å². The minimum absolute atomic E-state index is 0.191. The van der Waals surface area contributed by atoms with Crippen molar-refractivity contribution < 1.29 is 24.9 Å². The summed E-state index contributed by atoms with van der Waals surface area (Å²) in [5.74, 6) is -7.42. The molecule has 0 saturated carbocycles. The lowest BCUT2D eigenvalue weighted by Gasteiger charge is -2.25. The Labute approximate surface area is 81.3 Å². The Hall–Kier alpha value is -1.14. The molecule has 1 atom stereocenters. The summed E-state index contributed by atoms with van der Waals surface area (Å²) in [5, 5.41) is 27.2. The van der Waals surface area contributed by atoms with E-state index in [9.17, 15) is 19.8 Å². The minimum atomic E-state index is -2.56. The molecule has 0 aliphatic carbocycles. The molecular weight excluding hydrogens is 190 g/mol. The van der Waals surface area contributed by atoms with E-state index < -0.39 is 23.6 Å². The Morgan fingerprint density at radius 2 is 1.93 bits per heavy atom. The van der Waals surface area contributed by atoms with Crippen molar-refractivity contribution in [2.24, 2.45) is 11.7 Å². The Balaban J connectivity index is 4.62. The van der Waals surface area contributed by atoms with Crippen LogP contribution in [0.15, 0.2) is 0 Å². The lowest BCUT2D eigenvalue weighted by atomic mass is 9.93. The normalized spacial score (nSPS) is 13.6. The van der Waals surface area contributed by atoms with E-state index in [4.69, 9.17) is 10.8 Å². The number of hydrogen-bond donors (Lipinski definition) is 4. The summed E-state index contributed by atoms with van der Waals surface area (Å²) in [7, 11) is 0. The van der Waals surface area contributed by atoms with Crippen molar-refractivity contribution in [3.63, 3.8) is 0 Å². The molecule has 1 amide bonds. The van der Waals surface area contributed by atoms with Gasteiger partial charge in [0, 0.05) is 6.42 Å². The van der Waals surface area contributed by atoms with Crippen LogP contribution in [-0.4, -0.2) is 33.0 Å². The van der Waals surface area contributed by atoms with Crippen LogP contribution in [0.4, 0.5) is 0 Å². The molecule has 5 N–H and O–H groups in total. The van der Waals surface area contributed by atoms with Crippen LogP contribution >= 0.6 is 0 Å². The molecule has 6 nitrogen and oxygen atoms in total. The molecule has 0 aromatic heterocycles. The molecule has 14 heavy (non-hydrogen) atoms. The average Bonchev–Trinajstić information content (AvgIpc) is 1.98. The van der Waals surface area contributed by atoms with Crippen molar-refractivity contribution in [3.8, 4) is 0 Å². The largest absolute Gasteiger partial charge is 0.480 e. The third-order valence-corrected chi connectivity index (χ3v) is 1.89. The number of carboxylic acids is 1. The lowest BCUT2D eigenvalue weighted by molar-refractivity contribution is -0.211.